The summed E-state index contributed by atoms with van der Waals surface area (Å²) < 4.78 is 26.2. The van der Waals surface area contributed by atoms with E-state index in [1.807, 2.05) is 27.7 Å². The van der Waals surface area contributed by atoms with Gasteiger partial charge in [-0.2, -0.15) is 0 Å². The highest BCUT2D eigenvalue weighted by molar-refractivity contribution is 5.97. The molecule has 1 atom stereocenters. The van der Waals surface area contributed by atoms with Crippen molar-refractivity contribution in [1.82, 2.24) is 30.3 Å². The van der Waals surface area contributed by atoms with E-state index in [1.54, 1.807) is 12.0 Å². The van der Waals surface area contributed by atoms with E-state index in [0.717, 1.165) is 84.1 Å². The predicted molar refractivity (Wildman–Crippen MR) is 190 cm³/mol. The molecule has 6 rings (SSSR count). The second-order valence-corrected chi connectivity index (χ2v) is 16.7. The van der Waals surface area contributed by atoms with Crippen LogP contribution in [0, 0.1) is 23.1 Å². The minimum Gasteiger partial charge on any atom is -0.434 e. The van der Waals surface area contributed by atoms with Gasteiger partial charge in [0.15, 0.2) is 5.82 Å². The number of likely N-dealkylation sites (tertiary alicyclic amines) is 1. The van der Waals surface area contributed by atoms with Crippen molar-refractivity contribution in [3.05, 3.63) is 35.9 Å². The highest BCUT2D eigenvalue weighted by Crippen LogP contribution is 2.46. The van der Waals surface area contributed by atoms with E-state index in [1.165, 1.54) is 24.5 Å². The predicted octanol–water partition coefficient (Wildman–Crippen LogP) is 5.84. The Labute approximate surface area is 296 Å². The molecule has 1 aromatic carbocycles. The Balaban J connectivity index is 1.01. The number of benzene rings is 1. The quantitative estimate of drug-likeness (QED) is 0.310. The average Bonchev–Trinajstić information content (AvgIpc) is 3.35. The largest absolute Gasteiger partial charge is 0.434 e. The van der Waals surface area contributed by atoms with Crippen LogP contribution in [0.2, 0.25) is 0 Å². The number of anilines is 1. The van der Waals surface area contributed by atoms with Crippen LogP contribution in [-0.4, -0.2) is 99.9 Å². The summed E-state index contributed by atoms with van der Waals surface area (Å²) in [5.41, 5.74) is 0.0559. The van der Waals surface area contributed by atoms with Crippen molar-refractivity contribution in [1.29, 1.82) is 0 Å². The summed E-state index contributed by atoms with van der Waals surface area (Å²) >= 11 is 0. The Morgan fingerprint density at radius 1 is 1.10 bits per heavy atom. The molecule has 2 aromatic rings. The van der Waals surface area contributed by atoms with Gasteiger partial charge < -0.3 is 29.5 Å². The van der Waals surface area contributed by atoms with E-state index in [4.69, 9.17) is 9.47 Å². The summed E-state index contributed by atoms with van der Waals surface area (Å²) in [6, 6.07) is 3.85. The number of hydrogen-bond donors (Lipinski definition) is 1. The second kappa shape index (κ2) is 14.3. The minimum absolute atomic E-state index is 0.0296. The fourth-order valence-electron chi connectivity index (χ4n) is 8.98. The van der Waals surface area contributed by atoms with E-state index in [9.17, 15) is 14.0 Å². The van der Waals surface area contributed by atoms with Gasteiger partial charge >= 0.3 is 0 Å². The van der Waals surface area contributed by atoms with E-state index >= 15 is 0 Å². The topological polar surface area (TPSA) is 113 Å². The molecule has 3 saturated heterocycles. The highest BCUT2D eigenvalue weighted by Gasteiger charge is 2.49. The molecule has 1 aliphatic carbocycles. The lowest BCUT2D eigenvalue weighted by Crippen LogP contribution is -2.61. The molecule has 1 unspecified atom stereocenters. The Bertz CT molecular complexity index is 1520. The van der Waals surface area contributed by atoms with Crippen LogP contribution in [-0.2, 0) is 9.53 Å². The van der Waals surface area contributed by atoms with Gasteiger partial charge in [-0.05, 0) is 130 Å². The normalized spacial score (nSPS) is 25.3. The summed E-state index contributed by atoms with van der Waals surface area (Å²) in [4.78, 5) is 37.5. The van der Waals surface area contributed by atoms with Gasteiger partial charge in [0.05, 0.1) is 11.2 Å². The smallest absolute Gasteiger partial charge is 0.282 e. The summed E-state index contributed by atoms with van der Waals surface area (Å²) in [7, 11) is 1.73. The zero-order valence-corrected chi connectivity index (χ0v) is 31.0. The van der Waals surface area contributed by atoms with Gasteiger partial charge in [-0.3, -0.25) is 9.59 Å². The van der Waals surface area contributed by atoms with E-state index in [2.05, 4.69) is 44.1 Å². The van der Waals surface area contributed by atoms with Gasteiger partial charge in [0.25, 0.3) is 11.8 Å². The number of piperidine rings is 1. The zero-order valence-electron chi connectivity index (χ0n) is 31.0. The first-order chi connectivity index (χ1) is 23.7. The van der Waals surface area contributed by atoms with Crippen LogP contribution in [0.5, 0.6) is 11.6 Å². The van der Waals surface area contributed by atoms with Crippen LogP contribution >= 0.6 is 0 Å². The van der Waals surface area contributed by atoms with Gasteiger partial charge in [0.2, 0.25) is 5.91 Å². The first-order valence-electron chi connectivity index (χ1n) is 18.5. The molecule has 4 aliphatic rings. The molecule has 1 aromatic heterocycles. The van der Waals surface area contributed by atoms with Crippen LogP contribution in [0.1, 0.15) is 103 Å². The lowest BCUT2D eigenvalue weighted by molar-refractivity contribution is -0.125. The lowest BCUT2D eigenvalue weighted by Gasteiger charge is -2.54. The Kier molecular flexibility index (Phi) is 10.4. The summed E-state index contributed by atoms with van der Waals surface area (Å²) in [5.74, 6) is 1.13. The first-order valence-corrected chi connectivity index (χ1v) is 18.5. The summed E-state index contributed by atoms with van der Waals surface area (Å²) in [6.07, 6.45) is 9.82. The summed E-state index contributed by atoms with van der Waals surface area (Å²) in [6.45, 7) is 16.9. The molecule has 4 heterocycles. The molecule has 2 spiro atoms. The molecule has 12 heteroatoms. The number of methoxy groups -OCH3 is 1. The zero-order chi connectivity index (χ0) is 35.8. The lowest BCUT2D eigenvalue weighted by atomic mass is 9.71. The van der Waals surface area contributed by atoms with Crippen molar-refractivity contribution < 1.29 is 23.5 Å². The van der Waals surface area contributed by atoms with Crippen molar-refractivity contribution in [2.45, 2.75) is 116 Å². The van der Waals surface area contributed by atoms with Crippen LogP contribution in [0.15, 0.2) is 24.5 Å². The SMILES string of the molecule is COC(C)(C)CC1CC2(CCC(CN3CCC4(CC3)CN(c3ncnnc3Oc3ccc(F)cc3C(=O)N(C(C)C)C(C)C)C4)CC2)NC1=O. The number of carbonyl (C=O) groups is 2. The maximum absolute atomic E-state index is 14.4. The fourth-order valence-corrected chi connectivity index (χ4v) is 8.98. The van der Waals surface area contributed by atoms with Crippen LogP contribution in [0.4, 0.5) is 10.2 Å². The minimum atomic E-state index is -0.507. The molecule has 0 radical (unpaired) electrons. The van der Waals surface area contributed by atoms with Gasteiger partial charge in [0.1, 0.15) is 17.9 Å². The molecule has 274 valence electrons. The van der Waals surface area contributed by atoms with Gasteiger partial charge in [-0.1, -0.05) is 0 Å². The van der Waals surface area contributed by atoms with Crippen molar-refractivity contribution in [3.63, 3.8) is 0 Å². The summed E-state index contributed by atoms with van der Waals surface area (Å²) in [5, 5.41) is 11.6. The molecule has 4 fully saturated rings. The number of hydrogen-bond acceptors (Lipinski definition) is 9. The molecule has 1 saturated carbocycles. The Morgan fingerprint density at radius 3 is 2.42 bits per heavy atom. The molecule has 2 amide bonds. The van der Waals surface area contributed by atoms with Crippen molar-refractivity contribution in [3.8, 4) is 11.6 Å². The molecular weight excluding hydrogens is 637 g/mol. The molecule has 11 nitrogen and oxygen atoms in total. The number of aromatic nitrogens is 3. The number of halogens is 1. The Morgan fingerprint density at radius 2 is 1.78 bits per heavy atom. The van der Waals surface area contributed by atoms with Crippen LogP contribution < -0.4 is 15.0 Å². The van der Waals surface area contributed by atoms with Crippen molar-refractivity contribution >= 4 is 17.6 Å². The first kappa shape index (κ1) is 36.4. The maximum Gasteiger partial charge on any atom is 0.282 e. The molecule has 1 N–H and O–H groups in total. The molecule has 50 heavy (non-hydrogen) atoms. The second-order valence-electron chi connectivity index (χ2n) is 16.7. The molecule has 3 aliphatic heterocycles. The fraction of sp³-hybridized carbons (Fsp3) is 0.711. The van der Waals surface area contributed by atoms with Gasteiger partial charge in [-0.15, -0.1) is 10.2 Å². The third kappa shape index (κ3) is 7.76. The van der Waals surface area contributed by atoms with Crippen LogP contribution in [0.25, 0.3) is 0 Å². The highest BCUT2D eigenvalue weighted by atomic mass is 19.1. The average molecular weight is 694 g/mol. The molecule has 0 bridgehead atoms. The van der Waals surface area contributed by atoms with Gasteiger partial charge in [-0.25, -0.2) is 9.37 Å². The number of nitrogens with zero attached hydrogens (tertiary/aromatic N) is 6. The standard InChI is InChI=1S/C38H56FN7O4/c1-25(2)46(26(3)4)35(48)30-18-29(39)8-9-31(30)50-34-32(40-24-41-43-34)45-22-37(23-45)14-16-44(17-15-37)21-27-10-12-38(13-11-27)20-28(33(47)42-38)19-36(5,6)49-7/h8-9,18,24-28H,10-17,19-23H2,1-7H3,(H,42,47). The number of nitrogens with one attached hydrogen (secondary N) is 1. The molecular formula is C38H56FN7O4. The third-order valence-electron chi connectivity index (χ3n) is 11.8. The van der Waals surface area contributed by atoms with Crippen molar-refractivity contribution in [2.24, 2.45) is 17.3 Å². The number of amides is 2. The van der Waals surface area contributed by atoms with E-state index in [-0.39, 0.29) is 63.6 Å². The van der Waals surface area contributed by atoms with Gasteiger partial charge in [0, 0.05) is 55.7 Å². The monoisotopic (exact) mass is 693 g/mol. The number of rotatable bonds is 11. The Hall–Kier alpha value is -3.38. The number of ether oxygens (including phenoxy) is 2. The van der Waals surface area contributed by atoms with Crippen molar-refractivity contribution in [2.75, 3.05) is 44.7 Å². The third-order valence-corrected chi connectivity index (χ3v) is 11.8. The van der Waals surface area contributed by atoms with E-state index < -0.39 is 5.82 Å². The number of carbonyl (C=O) groups excluding carboxylic acids is 2. The maximum atomic E-state index is 14.4. The van der Waals surface area contributed by atoms with Crippen LogP contribution in [0.3, 0.4) is 0 Å². The van der Waals surface area contributed by atoms with E-state index in [0.29, 0.717) is 11.7 Å².